The fourth-order valence-electron chi connectivity index (χ4n) is 3.85. The van der Waals surface area contributed by atoms with Crippen molar-refractivity contribution >= 4 is 5.96 Å². The predicted molar refractivity (Wildman–Crippen MR) is 114 cm³/mol. The summed E-state index contributed by atoms with van der Waals surface area (Å²) in [5, 5.41) is 7.00. The van der Waals surface area contributed by atoms with Crippen LogP contribution in [0.3, 0.4) is 0 Å². The first-order chi connectivity index (χ1) is 13.1. The summed E-state index contributed by atoms with van der Waals surface area (Å²) in [6, 6.07) is 9.24. The van der Waals surface area contributed by atoms with E-state index in [9.17, 15) is 0 Å². The lowest BCUT2D eigenvalue weighted by Gasteiger charge is -2.33. The Balaban J connectivity index is 1.88. The molecule has 5 heteroatoms. The van der Waals surface area contributed by atoms with E-state index in [0.717, 1.165) is 45.2 Å². The average Bonchev–Trinajstić information content (AvgIpc) is 2.70. The number of likely N-dealkylation sites (N-methyl/N-ethyl adjacent to an activating group) is 1. The van der Waals surface area contributed by atoms with Gasteiger partial charge in [-0.05, 0) is 45.3 Å². The Morgan fingerprint density at radius 1 is 1.22 bits per heavy atom. The number of rotatable bonds is 8. The van der Waals surface area contributed by atoms with E-state index in [0.29, 0.717) is 12.0 Å². The molecule has 2 N–H and O–H groups in total. The van der Waals surface area contributed by atoms with Gasteiger partial charge in [0.15, 0.2) is 5.96 Å². The Hall–Kier alpha value is -1.59. The molecule has 0 aromatic heterocycles. The lowest BCUT2D eigenvalue weighted by Crippen LogP contribution is -2.47. The van der Waals surface area contributed by atoms with Crippen LogP contribution in [0.5, 0.6) is 0 Å². The van der Waals surface area contributed by atoms with Crippen molar-refractivity contribution < 1.29 is 4.74 Å². The fraction of sp³-hybridized carbons (Fsp3) is 0.682. The molecule has 3 atom stereocenters. The zero-order chi connectivity index (χ0) is 19.6. The van der Waals surface area contributed by atoms with E-state index in [2.05, 4.69) is 72.5 Å². The molecule has 0 aliphatic carbocycles. The van der Waals surface area contributed by atoms with Crippen molar-refractivity contribution in [1.29, 1.82) is 0 Å². The molecule has 0 bridgehead atoms. The molecule has 5 nitrogen and oxygen atoms in total. The van der Waals surface area contributed by atoms with E-state index < -0.39 is 0 Å². The minimum absolute atomic E-state index is 0.166. The zero-order valence-electron chi connectivity index (χ0n) is 17.8. The highest BCUT2D eigenvalue weighted by Gasteiger charge is 2.27. The van der Waals surface area contributed by atoms with Gasteiger partial charge >= 0.3 is 0 Å². The Labute approximate surface area is 165 Å². The minimum atomic E-state index is 0.166. The second-order valence-corrected chi connectivity index (χ2v) is 7.51. The SMILES string of the molecule is CCN(CC)C(C)CNC(=NC)NCC1CCCOC1c1ccc(C)cc1. The van der Waals surface area contributed by atoms with Crippen molar-refractivity contribution in [2.45, 2.75) is 52.7 Å². The van der Waals surface area contributed by atoms with E-state index >= 15 is 0 Å². The van der Waals surface area contributed by atoms with Crippen LogP contribution in [-0.2, 0) is 4.74 Å². The van der Waals surface area contributed by atoms with E-state index in [1.807, 2.05) is 7.05 Å². The Morgan fingerprint density at radius 3 is 2.56 bits per heavy atom. The Kier molecular flexibility index (Phi) is 9.08. The molecule has 1 aromatic carbocycles. The quantitative estimate of drug-likeness (QED) is 0.541. The number of aryl methyl sites for hydroxylation is 1. The number of guanidine groups is 1. The molecule has 3 unspecified atom stereocenters. The van der Waals surface area contributed by atoms with Crippen molar-refractivity contribution in [3.8, 4) is 0 Å². The van der Waals surface area contributed by atoms with Gasteiger partial charge in [-0.15, -0.1) is 0 Å². The lowest BCUT2D eigenvalue weighted by molar-refractivity contribution is -0.0265. The molecule has 1 saturated heterocycles. The summed E-state index contributed by atoms with van der Waals surface area (Å²) in [5.41, 5.74) is 2.57. The van der Waals surface area contributed by atoms with Gasteiger partial charge in [-0.2, -0.15) is 0 Å². The molecule has 152 valence electrons. The van der Waals surface area contributed by atoms with Crippen LogP contribution in [-0.4, -0.2) is 56.7 Å². The summed E-state index contributed by atoms with van der Waals surface area (Å²) in [5.74, 6) is 1.34. The second kappa shape index (κ2) is 11.3. The number of aliphatic imine (C=N–C) groups is 1. The van der Waals surface area contributed by atoms with Gasteiger partial charge in [0.05, 0.1) is 6.10 Å². The van der Waals surface area contributed by atoms with Gasteiger partial charge in [0.25, 0.3) is 0 Å². The second-order valence-electron chi connectivity index (χ2n) is 7.51. The molecular formula is C22H38N4O. The summed E-state index contributed by atoms with van der Waals surface area (Å²) in [6.07, 6.45) is 2.47. The summed E-state index contributed by atoms with van der Waals surface area (Å²) in [4.78, 5) is 6.85. The van der Waals surface area contributed by atoms with Crippen LogP contribution < -0.4 is 10.6 Å². The van der Waals surface area contributed by atoms with E-state index in [1.165, 1.54) is 17.5 Å². The number of nitrogens with zero attached hydrogens (tertiary/aromatic N) is 2. The topological polar surface area (TPSA) is 48.9 Å². The van der Waals surface area contributed by atoms with Crippen LogP contribution in [0.15, 0.2) is 29.3 Å². The van der Waals surface area contributed by atoms with Gasteiger partial charge in [0.2, 0.25) is 0 Å². The first kappa shape index (κ1) is 21.7. The van der Waals surface area contributed by atoms with Crippen LogP contribution in [0.2, 0.25) is 0 Å². The molecule has 0 spiro atoms. The monoisotopic (exact) mass is 374 g/mol. The number of nitrogens with one attached hydrogen (secondary N) is 2. The predicted octanol–water partition coefficient (Wildman–Crippen LogP) is 3.36. The number of hydrogen-bond acceptors (Lipinski definition) is 3. The van der Waals surface area contributed by atoms with Crippen molar-refractivity contribution in [1.82, 2.24) is 15.5 Å². The molecule has 1 aromatic rings. The van der Waals surface area contributed by atoms with Crippen LogP contribution in [0.4, 0.5) is 0 Å². The fourth-order valence-corrected chi connectivity index (χ4v) is 3.85. The summed E-state index contributed by atoms with van der Waals surface area (Å²) in [7, 11) is 1.84. The van der Waals surface area contributed by atoms with Gasteiger partial charge in [0.1, 0.15) is 0 Å². The molecular weight excluding hydrogens is 336 g/mol. The van der Waals surface area contributed by atoms with Crippen molar-refractivity contribution in [2.75, 3.05) is 39.8 Å². The summed E-state index contributed by atoms with van der Waals surface area (Å²) in [6.45, 7) is 13.6. The standard InChI is InChI=1S/C22H38N4O/c1-6-26(7-2)18(4)15-24-22(23-5)25-16-20-9-8-14-27-21(20)19-12-10-17(3)11-13-19/h10-13,18,20-21H,6-9,14-16H2,1-5H3,(H2,23,24,25). The van der Waals surface area contributed by atoms with Gasteiger partial charge in [-0.3, -0.25) is 9.89 Å². The summed E-state index contributed by atoms with van der Waals surface area (Å²) < 4.78 is 6.13. The van der Waals surface area contributed by atoms with Crippen molar-refractivity contribution in [3.05, 3.63) is 35.4 Å². The zero-order valence-corrected chi connectivity index (χ0v) is 17.8. The molecule has 27 heavy (non-hydrogen) atoms. The maximum absolute atomic E-state index is 6.13. The first-order valence-electron chi connectivity index (χ1n) is 10.5. The molecule has 2 rings (SSSR count). The third kappa shape index (κ3) is 6.51. The number of hydrogen-bond donors (Lipinski definition) is 2. The molecule has 1 heterocycles. The minimum Gasteiger partial charge on any atom is -0.373 e. The highest BCUT2D eigenvalue weighted by Crippen LogP contribution is 2.33. The highest BCUT2D eigenvalue weighted by molar-refractivity contribution is 5.79. The van der Waals surface area contributed by atoms with Crippen LogP contribution >= 0.6 is 0 Å². The highest BCUT2D eigenvalue weighted by atomic mass is 16.5. The maximum Gasteiger partial charge on any atom is 0.191 e. The molecule has 1 fully saturated rings. The third-order valence-corrected chi connectivity index (χ3v) is 5.61. The van der Waals surface area contributed by atoms with Gasteiger partial charge < -0.3 is 15.4 Å². The van der Waals surface area contributed by atoms with E-state index in [1.54, 1.807) is 0 Å². The smallest absolute Gasteiger partial charge is 0.191 e. The molecule has 1 aliphatic rings. The van der Waals surface area contributed by atoms with Gasteiger partial charge in [-0.25, -0.2) is 0 Å². The van der Waals surface area contributed by atoms with Crippen LogP contribution in [0.1, 0.15) is 50.8 Å². The van der Waals surface area contributed by atoms with Crippen molar-refractivity contribution in [2.24, 2.45) is 10.9 Å². The maximum atomic E-state index is 6.13. The van der Waals surface area contributed by atoms with Gasteiger partial charge in [-0.1, -0.05) is 43.7 Å². The molecule has 1 aliphatic heterocycles. The number of benzene rings is 1. The Bertz CT molecular complexity index is 568. The first-order valence-corrected chi connectivity index (χ1v) is 10.5. The summed E-state index contributed by atoms with van der Waals surface area (Å²) >= 11 is 0. The lowest BCUT2D eigenvalue weighted by atomic mass is 9.89. The molecule has 0 amide bonds. The Morgan fingerprint density at radius 2 is 1.93 bits per heavy atom. The van der Waals surface area contributed by atoms with Crippen LogP contribution in [0.25, 0.3) is 0 Å². The van der Waals surface area contributed by atoms with Gasteiger partial charge in [0, 0.05) is 38.7 Å². The van der Waals surface area contributed by atoms with Crippen molar-refractivity contribution in [3.63, 3.8) is 0 Å². The van der Waals surface area contributed by atoms with Crippen LogP contribution in [0, 0.1) is 12.8 Å². The molecule has 0 saturated carbocycles. The van der Waals surface area contributed by atoms with E-state index in [4.69, 9.17) is 4.74 Å². The number of ether oxygens (including phenoxy) is 1. The largest absolute Gasteiger partial charge is 0.373 e. The normalized spacial score (nSPS) is 21.9. The third-order valence-electron chi connectivity index (χ3n) is 5.61. The molecule has 0 radical (unpaired) electrons. The van der Waals surface area contributed by atoms with E-state index in [-0.39, 0.29) is 6.10 Å². The average molecular weight is 375 g/mol.